The number of aromatic nitrogens is 3. The smallest absolute Gasteiger partial charge is 0.338 e. The summed E-state index contributed by atoms with van der Waals surface area (Å²) in [6.07, 6.45) is 3.79. The van der Waals surface area contributed by atoms with Crippen molar-refractivity contribution in [3.05, 3.63) is 126 Å². The number of para-hydroxylation sites is 1. The highest BCUT2D eigenvalue weighted by atomic mass is 32.1. The zero-order chi connectivity index (χ0) is 26.2. The van der Waals surface area contributed by atoms with Gasteiger partial charge in [0.25, 0.3) is 5.56 Å². The quantitative estimate of drug-likeness (QED) is 0.312. The van der Waals surface area contributed by atoms with Crippen LogP contribution in [0.1, 0.15) is 23.4 Å². The highest BCUT2D eigenvalue weighted by Crippen LogP contribution is 2.33. The van der Waals surface area contributed by atoms with E-state index in [0.717, 1.165) is 27.4 Å². The van der Waals surface area contributed by atoms with E-state index < -0.39 is 12.0 Å². The van der Waals surface area contributed by atoms with E-state index in [1.807, 2.05) is 95.1 Å². The number of hydrogen-bond donors (Lipinski definition) is 0. The second kappa shape index (κ2) is 9.85. The number of esters is 1. The summed E-state index contributed by atoms with van der Waals surface area (Å²) in [6.45, 7) is 1.78. The molecule has 188 valence electrons. The van der Waals surface area contributed by atoms with Crippen LogP contribution in [0.4, 0.5) is 0 Å². The van der Waals surface area contributed by atoms with Crippen molar-refractivity contribution in [1.29, 1.82) is 0 Å². The number of thiophene rings is 1. The molecule has 0 saturated heterocycles. The molecule has 7 nitrogen and oxygen atoms in total. The van der Waals surface area contributed by atoms with Gasteiger partial charge in [-0.05, 0) is 36.6 Å². The molecule has 0 radical (unpaired) electrons. The Bertz CT molecular complexity index is 1850. The van der Waals surface area contributed by atoms with E-state index in [-0.39, 0.29) is 5.56 Å². The van der Waals surface area contributed by atoms with Crippen molar-refractivity contribution in [2.45, 2.75) is 13.0 Å². The largest absolute Gasteiger partial charge is 0.466 e. The molecule has 6 rings (SSSR count). The zero-order valence-electron chi connectivity index (χ0n) is 20.6. The number of benzene rings is 2. The van der Waals surface area contributed by atoms with Crippen LogP contribution in [0.15, 0.2) is 105 Å². The highest BCUT2D eigenvalue weighted by Gasteiger charge is 2.33. The average Bonchev–Trinajstić information content (AvgIpc) is 3.69. The Morgan fingerprint density at radius 2 is 1.76 bits per heavy atom. The summed E-state index contributed by atoms with van der Waals surface area (Å²) in [5, 5.41) is 6.79. The fourth-order valence-corrected chi connectivity index (χ4v) is 6.44. The first-order chi connectivity index (χ1) is 18.5. The van der Waals surface area contributed by atoms with Crippen LogP contribution in [0.5, 0.6) is 0 Å². The summed E-state index contributed by atoms with van der Waals surface area (Å²) in [7, 11) is 1.34. The van der Waals surface area contributed by atoms with Gasteiger partial charge < -0.3 is 4.74 Å². The fourth-order valence-electron chi connectivity index (χ4n) is 4.58. The zero-order valence-corrected chi connectivity index (χ0v) is 22.2. The van der Waals surface area contributed by atoms with Crippen LogP contribution < -0.4 is 14.9 Å². The van der Waals surface area contributed by atoms with Crippen molar-refractivity contribution < 1.29 is 9.53 Å². The van der Waals surface area contributed by atoms with E-state index in [0.29, 0.717) is 20.6 Å². The van der Waals surface area contributed by atoms with Gasteiger partial charge >= 0.3 is 5.97 Å². The fraction of sp³-hybridized carbons (Fsp3) is 0.103. The topological polar surface area (TPSA) is 78.5 Å². The average molecular weight is 539 g/mol. The lowest BCUT2D eigenvalue weighted by atomic mass is 10.0. The molecule has 1 aliphatic rings. The minimum atomic E-state index is -0.596. The second-order valence-electron chi connectivity index (χ2n) is 8.67. The number of thiazole rings is 1. The van der Waals surface area contributed by atoms with E-state index in [1.54, 1.807) is 11.5 Å². The molecule has 38 heavy (non-hydrogen) atoms. The van der Waals surface area contributed by atoms with Gasteiger partial charge in [-0.1, -0.05) is 65.9 Å². The van der Waals surface area contributed by atoms with Crippen LogP contribution >= 0.6 is 22.7 Å². The van der Waals surface area contributed by atoms with Crippen LogP contribution in [0.3, 0.4) is 0 Å². The molecular formula is C29H22N4O3S2. The third-order valence-electron chi connectivity index (χ3n) is 6.34. The summed E-state index contributed by atoms with van der Waals surface area (Å²) in [5.74, 6) is -0.491. The number of rotatable bonds is 5. The van der Waals surface area contributed by atoms with Gasteiger partial charge in [0.05, 0.1) is 34.3 Å². The van der Waals surface area contributed by atoms with Crippen LogP contribution in [-0.4, -0.2) is 27.4 Å². The lowest BCUT2D eigenvalue weighted by Gasteiger charge is -2.22. The van der Waals surface area contributed by atoms with E-state index in [1.165, 1.54) is 29.8 Å². The molecule has 0 spiro atoms. The van der Waals surface area contributed by atoms with Gasteiger partial charge in [-0.15, -0.1) is 11.3 Å². The molecule has 0 aliphatic carbocycles. The van der Waals surface area contributed by atoms with Crippen molar-refractivity contribution in [1.82, 2.24) is 14.3 Å². The Morgan fingerprint density at radius 1 is 1.03 bits per heavy atom. The number of carbonyl (C=O) groups excluding carboxylic acids is 1. The monoisotopic (exact) mass is 538 g/mol. The van der Waals surface area contributed by atoms with E-state index in [2.05, 4.69) is 4.99 Å². The molecule has 0 bridgehead atoms. The Hall–Kier alpha value is -4.34. The predicted molar refractivity (Wildman–Crippen MR) is 149 cm³/mol. The molecule has 9 heteroatoms. The number of hydrogen-bond acceptors (Lipinski definition) is 7. The predicted octanol–water partition coefficient (Wildman–Crippen LogP) is 4.32. The lowest BCUT2D eigenvalue weighted by Crippen LogP contribution is -2.39. The van der Waals surface area contributed by atoms with Crippen molar-refractivity contribution in [2.24, 2.45) is 4.99 Å². The molecule has 1 aliphatic heterocycles. The summed E-state index contributed by atoms with van der Waals surface area (Å²) < 4.78 is 9.00. The standard InChI is InChI=1S/C29H22N4O3S2/c1-18-24(28(35)36-2)26(22-14-9-15-37-22)33-27(34)23(38-29(33)30-18)16-20-17-32(21-12-7-4-8-13-21)31-25(20)19-10-5-3-6-11-19/h3-17,26H,1-2H3/b23-16-. The number of allylic oxidation sites excluding steroid dienone is 1. The first-order valence-electron chi connectivity index (χ1n) is 11.9. The maximum Gasteiger partial charge on any atom is 0.338 e. The number of nitrogens with zero attached hydrogens (tertiary/aromatic N) is 4. The van der Waals surface area contributed by atoms with Crippen LogP contribution in [-0.2, 0) is 9.53 Å². The maximum atomic E-state index is 13.9. The Kier molecular flexibility index (Phi) is 6.22. The van der Waals surface area contributed by atoms with Gasteiger partial charge in [0.1, 0.15) is 6.04 Å². The first kappa shape index (κ1) is 24.0. The number of carbonyl (C=O) groups is 1. The van der Waals surface area contributed by atoms with Gasteiger partial charge in [0, 0.05) is 22.2 Å². The third kappa shape index (κ3) is 4.15. The minimum Gasteiger partial charge on any atom is -0.466 e. The van der Waals surface area contributed by atoms with Crippen LogP contribution in [0, 0.1) is 0 Å². The van der Waals surface area contributed by atoms with Crippen LogP contribution in [0.2, 0.25) is 0 Å². The summed E-state index contributed by atoms with van der Waals surface area (Å²) >= 11 is 2.79. The van der Waals surface area contributed by atoms with Crippen molar-refractivity contribution >= 4 is 34.7 Å². The highest BCUT2D eigenvalue weighted by molar-refractivity contribution is 7.10. The summed E-state index contributed by atoms with van der Waals surface area (Å²) in [5.41, 5.74) is 4.14. The van der Waals surface area contributed by atoms with E-state index in [9.17, 15) is 9.59 Å². The SMILES string of the molecule is COC(=O)C1=C(C)N=c2s/c(=C\c3cn(-c4ccccc4)nc3-c3ccccc3)c(=O)n2C1c1cccs1. The number of methoxy groups -OCH3 is 1. The van der Waals surface area contributed by atoms with Gasteiger partial charge in [0.15, 0.2) is 4.80 Å². The Balaban J connectivity index is 1.56. The van der Waals surface area contributed by atoms with Crippen molar-refractivity contribution in [3.8, 4) is 16.9 Å². The van der Waals surface area contributed by atoms with Crippen molar-refractivity contribution in [2.75, 3.05) is 7.11 Å². The molecule has 1 unspecified atom stereocenters. The van der Waals surface area contributed by atoms with Crippen LogP contribution in [0.25, 0.3) is 23.0 Å². The first-order valence-corrected chi connectivity index (χ1v) is 13.6. The lowest BCUT2D eigenvalue weighted by molar-refractivity contribution is -0.136. The number of fused-ring (bicyclic) bond motifs is 1. The molecule has 2 aromatic carbocycles. The molecule has 0 N–H and O–H groups in total. The van der Waals surface area contributed by atoms with E-state index in [4.69, 9.17) is 9.84 Å². The third-order valence-corrected chi connectivity index (χ3v) is 8.24. The molecule has 5 aromatic rings. The number of ether oxygens (including phenoxy) is 1. The minimum absolute atomic E-state index is 0.215. The van der Waals surface area contributed by atoms with Gasteiger partial charge in [-0.3, -0.25) is 9.36 Å². The molecule has 0 fully saturated rings. The van der Waals surface area contributed by atoms with Gasteiger partial charge in [-0.2, -0.15) is 5.10 Å². The van der Waals surface area contributed by atoms with Gasteiger partial charge in [0.2, 0.25) is 0 Å². The summed E-state index contributed by atoms with van der Waals surface area (Å²) in [6, 6.07) is 23.0. The normalized spacial score (nSPS) is 15.3. The Morgan fingerprint density at radius 3 is 2.45 bits per heavy atom. The van der Waals surface area contributed by atoms with Crippen molar-refractivity contribution in [3.63, 3.8) is 0 Å². The Labute approximate surface area is 225 Å². The molecule has 4 heterocycles. The molecular weight excluding hydrogens is 516 g/mol. The molecule has 0 amide bonds. The maximum absolute atomic E-state index is 13.9. The summed E-state index contributed by atoms with van der Waals surface area (Å²) in [4.78, 5) is 32.7. The molecule has 3 aromatic heterocycles. The second-order valence-corrected chi connectivity index (χ2v) is 10.7. The van der Waals surface area contributed by atoms with Gasteiger partial charge in [-0.25, -0.2) is 14.5 Å². The molecule has 0 saturated carbocycles. The van der Waals surface area contributed by atoms with E-state index >= 15 is 0 Å². The molecule has 1 atom stereocenters.